The summed E-state index contributed by atoms with van der Waals surface area (Å²) in [5.74, 6) is -0.662. The number of aryl methyl sites for hydroxylation is 2. The van der Waals surface area contributed by atoms with Gasteiger partial charge in [0.2, 0.25) is 5.67 Å². The van der Waals surface area contributed by atoms with Crippen LogP contribution in [0.5, 0.6) is 0 Å². The van der Waals surface area contributed by atoms with Gasteiger partial charge in [0.05, 0.1) is 17.4 Å². The standard InChI is InChI=1S/C26H27FN2O3/c1-4-21-16-28(22-14-17(2)18(3)15-23(22)29(21)25(31)32)24(30)26(27)12-10-20(11-13-26)19-8-6-5-7-9-19/h5-12,14-15,21H,4,13,16H2,1-3H3,(H,31,32). The third-order valence-corrected chi connectivity index (χ3v) is 6.43. The Kier molecular flexibility index (Phi) is 5.63. The van der Waals surface area contributed by atoms with Gasteiger partial charge in [-0.15, -0.1) is 0 Å². The van der Waals surface area contributed by atoms with Gasteiger partial charge in [0, 0.05) is 13.0 Å². The van der Waals surface area contributed by atoms with E-state index in [0.717, 1.165) is 22.3 Å². The van der Waals surface area contributed by atoms with Crippen LogP contribution in [0.15, 0.2) is 60.7 Å². The minimum atomic E-state index is -2.18. The Morgan fingerprint density at radius 3 is 2.34 bits per heavy atom. The molecule has 2 aromatic carbocycles. The number of carbonyl (C=O) groups is 2. The number of amides is 2. The average Bonchev–Trinajstić information content (AvgIpc) is 2.79. The molecule has 1 aliphatic heterocycles. The fourth-order valence-electron chi connectivity index (χ4n) is 4.39. The lowest BCUT2D eigenvalue weighted by atomic mass is 9.89. The molecule has 0 bridgehead atoms. The van der Waals surface area contributed by atoms with Crippen molar-refractivity contribution in [1.29, 1.82) is 0 Å². The van der Waals surface area contributed by atoms with E-state index in [9.17, 15) is 14.7 Å². The molecular weight excluding hydrogens is 407 g/mol. The third-order valence-electron chi connectivity index (χ3n) is 6.43. The van der Waals surface area contributed by atoms with Gasteiger partial charge in [-0.05, 0) is 60.7 Å². The molecule has 0 saturated heterocycles. The second-order valence-corrected chi connectivity index (χ2v) is 8.48. The van der Waals surface area contributed by atoms with Crippen LogP contribution in [0.1, 0.15) is 36.5 Å². The summed E-state index contributed by atoms with van der Waals surface area (Å²) in [4.78, 5) is 28.3. The molecule has 2 atom stereocenters. The lowest BCUT2D eigenvalue weighted by molar-refractivity contribution is -0.127. The quantitative estimate of drug-likeness (QED) is 0.678. The smallest absolute Gasteiger partial charge is 0.412 e. The van der Waals surface area contributed by atoms with E-state index in [4.69, 9.17) is 0 Å². The van der Waals surface area contributed by atoms with Crippen LogP contribution < -0.4 is 9.80 Å². The number of alkyl halides is 1. The number of nitrogens with zero attached hydrogens (tertiary/aromatic N) is 2. The highest BCUT2D eigenvalue weighted by molar-refractivity contribution is 6.07. The number of anilines is 2. The van der Waals surface area contributed by atoms with Crippen molar-refractivity contribution in [3.8, 4) is 0 Å². The van der Waals surface area contributed by atoms with Gasteiger partial charge >= 0.3 is 6.09 Å². The minimum absolute atomic E-state index is 0.0668. The Balaban J connectivity index is 1.70. The van der Waals surface area contributed by atoms with E-state index in [2.05, 4.69) is 0 Å². The summed E-state index contributed by atoms with van der Waals surface area (Å²) in [5.41, 5.74) is 2.36. The molecule has 0 fully saturated rings. The highest BCUT2D eigenvalue weighted by atomic mass is 19.1. The van der Waals surface area contributed by atoms with Crippen LogP contribution in [-0.2, 0) is 4.79 Å². The maximum Gasteiger partial charge on any atom is 0.412 e. The van der Waals surface area contributed by atoms with Crippen LogP contribution in [0, 0.1) is 13.8 Å². The molecule has 166 valence electrons. The highest BCUT2D eigenvalue weighted by Crippen LogP contribution is 2.41. The maximum absolute atomic E-state index is 15.9. The van der Waals surface area contributed by atoms with Crippen molar-refractivity contribution < 1.29 is 19.1 Å². The molecule has 6 heteroatoms. The van der Waals surface area contributed by atoms with Crippen molar-refractivity contribution in [3.05, 3.63) is 77.4 Å². The minimum Gasteiger partial charge on any atom is -0.465 e. The van der Waals surface area contributed by atoms with Crippen LogP contribution in [0.25, 0.3) is 5.57 Å². The number of fused-ring (bicyclic) bond motifs is 1. The number of hydrogen-bond acceptors (Lipinski definition) is 2. The summed E-state index contributed by atoms with van der Waals surface area (Å²) in [6, 6.07) is 12.8. The predicted molar refractivity (Wildman–Crippen MR) is 125 cm³/mol. The molecule has 1 N–H and O–H groups in total. The van der Waals surface area contributed by atoms with Gasteiger partial charge in [-0.2, -0.15) is 0 Å². The first-order valence-corrected chi connectivity index (χ1v) is 10.8. The number of carbonyl (C=O) groups excluding carboxylic acids is 1. The molecule has 2 amide bonds. The summed E-state index contributed by atoms with van der Waals surface area (Å²) >= 11 is 0. The molecule has 32 heavy (non-hydrogen) atoms. The summed E-state index contributed by atoms with van der Waals surface area (Å²) in [6.45, 7) is 5.78. The van der Waals surface area contributed by atoms with Gasteiger partial charge in [0.25, 0.3) is 5.91 Å². The number of allylic oxidation sites excluding steroid dienone is 3. The highest BCUT2D eigenvalue weighted by Gasteiger charge is 2.45. The molecule has 1 aliphatic carbocycles. The van der Waals surface area contributed by atoms with Crippen molar-refractivity contribution in [1.82, 2.24) is 0 Å². The number of benzene rings is 2. The lowest BCUT2D eigenvalue weighted by Crippen LogP contribution is -2.56. The summed E-state index contributed by atoms with van der Waals surface area (Å²) < 4.78 is 15.9. The Bertz CT molecular complexity index is 1130. The first-order valence-electron chi connectivity index (χ1n) is 10.8. The third kappa shape index (κ3) is 3.70. The van der Waals surface area contributed by atoms with E-state index in [-0.39, 0.29) is 13.0 Å². The van der Waals surface area contributed by atoms with Crippen molar-refractivity contribution in [2.24, 2.45) is 0 Å². The number of rotatable bonds is 3. The van der Waals surface area contributed by atoms with Gasteiger partial charge in [-0.1, -0.05) is 49.4 Å². The lowest BCUT2D eigenvalue weighted by Gasteiger charge is -2.43. The van der Waals surface area contributed by atoms with E-state index in [1.165, 1.54) is 15.9 Å². The van der Waals surface area contributed by atoms with Gasteiger partial charge in [-0.25, -0.2) is 9.18 Å². The average molecular weight is 435 g/mol. The Hall–Kier alpha value is -3.41. The largest absolute Gasteiger partial charge is 0.465 e. The van der Waals surface area contributed by atoms with Crippen molar-refractivity contribution in [2.75, 3.05) is 16.3 Å². The summed E-state index contributed by atoms with van der Waals surface area (Å²) in [6.07, 6.45) is 4.11. The van der Waals surface area contributed by atoms with E-state index < -0.39 is 23.7 Å². The van der Waals surface area contributed by atoms with E-state index in [0.29, 0.717) is 17.8 Å². The fourth-order valence-corrected chi connectivity index (χ4v) is 4.39. The molecule has 1 heterocycles. The molecule has 5 nitrogen and oxygen atoms in total. The van der Waals surface area contributed by atoms with Crippen molar-refractivity contribution in [3.63, 3.8) is 0 Å². The SMILES string of the molecule is CCC1CN(C(=O)C2(F)C=CC(c3ccccc3)=CC2)c2cc(C)c(C)cc2N1C(=O)O. The van der Waals surface area contributed by atoms with Gasteiger partial charge in [0.1, 0.15) is 0 Å². The van der Waals surface area contributed by atoms with Crippen LogP contribution in [0.4, 0.5) is 20.6 Å². The van der Waals surface area contributed by atoms with E-state index in [1.54, 1.807) is 24.3 Å². The molecular formula is C26H27FN2O3. The topological polar surface area (TPSA) is 60.9 Å². The number of halogens is 1. The Morgan fingerprint density at radius 2 is 1.78 bits per heavy atom. The molecule has 4 rings (SSSR count). The zero-order valence-electron chi connectivity index (χ0n) is 18.5. The van der Waals surface area contributed by atoms with Gasteiger partial charge < -0.3 is 10.0 Å². The predicted octanol–water partition coefficient (Wildman–Crippen LogP) is 5.66. The van der Waals surface area contributed by atoms with E-state index in [1.807, 2.05) is 51.1 Å². The molecule has 0 spiro atoms. The molecule has 2 aliphatic rings. The number of hydrogen-bond donors (Lipinski definition) is 1. The fraction of sp³-hybridized carbons (Fsp3) is 0.308. The maximum atomic E-state index is 15.9. The van der Waals surface area contributed by atoms with Crippen LogP contribution in [-0.4, -0.2) is 35.4 Å². The van der Waals surface area contributed by atoms with Crippen molar-refractivity contribution >= 4 is 28.9 Å². The van der Waals surface area contributed by atoms with Crippen molar-refractivity contribution in [2.45, 2.75) is 45.3 Å². The summed E-state index contributed by atoms with van der Waals surface area (Å²) in [7, 11) is 0. The normalized spacial score (nSPS) is 22.4. The van der Waals surface area contributed by atoms with E-state index >= 15 is 4.39 Å². The number of carboxylic acid groups (broad SMARTS) is 1. The van der Waals surface area contributed by atoms with Crippen LogP contribution >= 0.6 is 0 Å². The second kappa shape index (κ2) is 8.26. The second-order valence-electron chi connectivity index (χ2n) is 8.48. The van der Waals surface area contributed by atoms with Gasteiger partial charge in [0.15, 0.2) is 0 Å². The van der Waals surface area contributed by atoms with Crippen LogP contribution in [0.3, 0.4) is 0 Å². The monoisotopic (exact) mass is 434 g/mol. The molecule has 0 radical (unpaired) electrons. The Morgan fingerprint density at radius 1 is 1.12 bits per heavy atom. The molecule has 0 aromatic heterocycles. The molecule has 2 aromatic rings. The Labute approximate surface area is 187 Å². The zero-order chi connectivity index (χ0) is 23.0. The van der Waals surface area contributed by atoms with Gasteiger partial charge in [-0.3, -0.25) is 9.69 Å². The first-order chi connectivity index (χ1) is 15.2. The first kappa shape index (κ1) is 21.8. The summed E-state index contributed by atoms with van der Waals surface area (Å²) in [5, 5.41) is 9.84. The zero-order valence-corrected chi connectivity index (χ0v) is 18.5. The van der Waals surface area contributed by atoms with Crippen LogP contribution in [0.2, 0.25) is 0 Å². The molecule has 2 unspecified atom stereocenters. The molecule has 0 saturated carbocycles.